The molecule has 0 saturated carbocycles. The second-order valence-corrected chi connectivity index (χ2v) is 5.01. The number of hydrogen-bond donors (Lipinski definition) is 2. The van der Waals surface area contributed by atoms with Crippen LogP contribution in [0.2, 0.25) is 5.02 Å². The van der Waals surface area contributed by atoms with E-state index in [1.54, 1.807) is 6.07 Å². The molecule has 0 heterocycles. The van der Waals surface area contributed by atoms with E-state index in [1.807, 2.05) is 31.2 Å². The molecule has 0 aromatic heterocycles. The third-order valence-corrected chi connectivity index (χ3v) is 3.04. The van der Waals surface area contributed by atoms with Crippen molar-refractivity contribution in [2.75, 3.05) is 17.2 Å². The topological polar surface area (TPSA) is 33.3 Å². The van der Waals surface area contributed by atoms with Gasteiger partial charge in [0.05, 0.1) is 12.3 Å². The summed E-state index contributed by atoms with van der Waals surface area (Å²) < 4.78 is 19.0. The minimum Gasteiger partial charge on any atom is -0.494 e. The number of hydrogen-bond acceptors (Lipinski definition) is 2. The Bertz CT molecular complexity index is 634. The first-order valence-electron chi connectivity index (χ1n) is 6.34. The zero-order valence-corrected chi connectivity index (χ0v) is 12.9. The van der Waals surface area contributed by atoms with Gasteiger partial charge >= 0.3 is 0 Å². The normalized spacial score (nSPS) is 10.0. The Kier molecular flexibility index (Phi) is 5.36. The van der Waals surface area contributed by atoms with Crippen molar-refractivity contribution in [1.82, 2.24) is 0 Å². The molecule has 0 fully saturated rings. The maximum atomic E-state index is 13.6. The maximum Gasteiger partial charge on any atom is 0.175 e. The first-order valence-corrected chi connectivity index (χ1v) is 7.13. The maximum absolute atomic E-state index is 13.6. The minimum absolute atomic E-state index is 0.267. The summed E-state index contributed by atoms with van der Waals surface area (Å²) in [6, 6.07) is 11.7. The number of anilines is 2. The van der Waals surface area contributed by atoms with Crippen LogP contribution in [0.1, 0.15) is 6.92 Å². The van der Waals surface area contributed by atoms with Gasteiger partial charge in [-0.15, -0.1) is 0 Å². The van der Waals surface area contributed by atoms with Crippen LogP contribution in [-0.4, -0.2) is 11.7 Å². The van der Waals surface area contributed by atoms with Gasteiger partial charge in [0.1, 0.15) is 11.6 Å². The summed E-state index contributed by atoms with van der Waals surface area (Å²) in [7, 11) is 0. The zero-order valence-electron chi connectivity index (χ0n) is 11.3. The Morgan fingerprint density at radius 3 is 2.52 bits per heavy atom. The summed E-state index contributed by atoms with van der Waals surface area (Å²) in [6.45, 7) is 2.54. The summed E-state index contributed by atoms with van der Waals surface area (Å²) in [5.41, 5.74) is 1.05. The molecule has 0 radical (unpaired) electrons. The van der Waals surface area contributed by atoms with Gasteiger partial charge in [-0.2, -0.15) is 0 Å². The van der Waals surface area contributed by atoms with E-state index in [0.717, 1.165) is 11.4 Å². The molecule has 0 unspecified atom stereocenters. The summed E-state index contributed by atoms with van der Waals surface area (Å²) in [5.74, 6) is 0.323. The lowest BCUT2D eigenvalue weighted by molar-refractivity contribution is 0.340. The molecule has 0 bridgehead atoms. The Labute approximate surface area is 133 Å². The first-order chi connectivity index (χ1) is 10.1. The molecule has 2 aromatic carbocycles. The molecule has 21 heavy (non-hydrogen) atoms. The van der Waals surface area contributed by atoms with Gasteiger partial charge in [0, 0.05) is 10.7 Å². The van der Waals surface area contributed by atoms with Crippen molar-refractivity contribution < 1.29 is 9.13 Å². The van der Waals surface area contributed by atoms with Crippen LogP contribution in [0.4, 0.5) is 15.8 Å². The van der Waals surface area contributed by atoms with E-state index in [1.165, 1.54) is 12.1 Å². The van der Waals surface area contributed by atoms with Crippen LogP contribution in [0.15, 0.2) is 42.5 Å². The van der Waals surface area contributed by atoms with Crippen LogP contribution in [0.3, 0.4) is 0 Å². The Hall–Kier alpha value is -1.85. The Morgan fingerprint density at radius 1 is 1.19 bits per heavy atom. The van der Waals surface area contributed by atoms with Gasteiger partial charge < -0.3 is 15.4 Å². The van der Waals surface area contributed by atoms with E-state index in [0.29, 0.717) is 16.7 Å². The second kappa shape index (κ2) is 7.24. The quantitative estimate of drug-likeness (QED) is 0.800. The third-order valence-electron chi connectivity index (χ3n) is 2.60. The molecule has 0 aliphatic carbocycles. The predicted molar refractivity (Wildman–Crippen MR) is 88.9 cm³/mol. The standard InChI is InChI=1S/C15H14ClFN2OS/c1-2-20-12-6-4-11(5-7-12)18-15(21)19-14-8-3-10(16)9-13(14)17/h3-9H,2H2,1H3,(H2,18,19,21). The Balaban J connectivity index is 1.98. The van der Waals surface area contributed by atoms with Crippen molar-refractivity contribution in [2.45, 2.75) is 6.92 Å². The molecule has 3 nitrogen and oxygen atoms in total. The van der Waals surface area contributed by atoms with Gasteiger partial charge in [-0.05, 0) is 61.6 Å². The molecule has 2 N–H and O–H groups in total. The minimum atomic E-state index is -0.460. The van der Waals surface area contributed by atoms with Gasteiger partial charge in [0.25, 0.3) is 0 Å². The van der Waals surface area contributed by atoms with E-state index in [2.05, 4.69) is 10.6 Å². The fourth-order valence-corrected chi connectivity index (χ4v) is 2.06. The van der Waals surface area contributed by atoms with Crippen LogP contribution in [0.25, 0.3) is 0 Å². The van der Waals surface area contributed by atoms with E-state index >= 15 is 0 Å². The average molecular weight is 325 g/mol. The van der Waals surface area contributed by atoms with Crippen molar-refractivity contribution in [3.05, 3.63) is 53.3 Å². The van der Waals surface area contributed by atoms with Crippen LogP contribution in [0, 0.1) is 5.82 Å². The van der Waals surface area contributed by atoms with Gasteiger partial charge in [-0.25, -0.2) is 4.39 Å². The number of thiocarbonyl (C=S) groups is 1. The highest BCUT2D eigenvalue weighted by Gasteiger charge is 2.05. The summed E-state index contributed by atoms with van der Waals surface area (Å²) in [6.07, 6.45) is 0. The number of rotatable bonds is 4. The van der Waals surface area contributed by atoms with E-state index in [4.69, 9.17) is 28.6 Å². The summed E-state index contributed by atoms with van der Waals surface area (Å²) in [5, 5.41) is 6.38. The van der Waals surface area contributed by atoms with E-state index in [9.17, 15) is 4.39 Å². The third kappa shape index (κ3) is 4.58. The molecule has 0 spiro atoms. The number of halogens is 2. The largest absolute Gasteiger partial charge is 0.494 e. The highest BCUT2D eigenvalue weighted by molar-refractivity contribution is 7.80. The van der Waals surface area contributed by atoms with Crippen LogP contribution >= 0.6 is 23.8 Å². The Morgan fingerprint density at radius 2 is 1.90 bits per heavy atom. The highest BCUT2D eigenvalue weighted by atomic mass is 35.5. The van der Waals surface area contributed by atoms with Crippen molar-refractivity contribution in [2.24, 2.45) is 0 Å². The van der Waals surface area contributed by atoms with Crippen molar-refractivity contribution in [3.63, 3.8) is 0 Å². The fourth-order valence-electron chi connectivity index (χ4n) is 1.68. The van der Waals surface area contributed by atoms with Crippen LogP contribution in [-0.2, 0) is 0 Å². The molecule has 0 amide bonds. The lowest BCUT2D eigenvalue weighted by Gasteiger charge is -2.12. The van der Waals surface area contributed by atoms with Gasteiger partial charge in [0.2, 0.25) is 0 Å². The predicted octanol–water partition coefficient (Wildman–Crippen LogP) is 4.69. The van der Waals surface area contributed by atoms with E-state index in [-0.39, 0.29) is 5.69 Å². The second-order valence-electron chi connectivity index (χ2n) is 4.16. The molecular weight excluding hydrogens is 311 g/mol. The number of benzene rings is 2. The molecule has 0 aliphatic heterocycles. The molecule has 2 rings (SSSR count). The van der Waals surface area contributed by atoms with Gasteiger partial charge in [-0.3, -0.25) is 0 Å². The zero-order chi connectivity index (χ0) is 15.2. The fraction of sp³-hybridized carbons (Fsp3) is 0.133. The smallest absolute Gasteiger partial charge is 0.175 e. The molecule has 2 aromatic rings. The number of nitrogens with one attached hydrogen (secondary N) is 2. The lowest BCUT2D eigenvalue weighted by atomic mass is 10.3. The average Bonchev–Trinajstić information content (AvgIpc) is 2.44. The molecule has 0 atom stereocenters. The summed E-state index contributed by atoms with van der Waals surface area (Å²) >= 11 is 10.8. The van der Waals surface area contributed by atoms with Crippen LogP contribution < -0.4 is 15.4 Å². The first kappa shape index (κ1) is 15.5. The van der Waals surface area contributed by atoms with Crippen LogP contribution in [0.5, 0.6) is 5.75 Å². The molecular formula is C15H14ClFN2OS. The highest BCUT2D eigenvalue weighted by Crippen LogP contribution is 2.20. The van der Waals surface area contributed by atoms with Crippen molar-refractivity contribution in [1.29, 1.82) is 0 Å². The molecule has 0 aliphatic rings. The van der Waals surface area contributed by atoms with Crippen molar-refractivity contribution in [3.8, 4) is 5.75 Å². The van der Waals surface area contributed by atoms with Gasteiger partial charge in [0.15, 0.2) is 5.11 Å². The molecule has 6 heteroatoms. The number of ether oxygens (including phenoxy) is 1. The SMILES string of the molecule is CCOc1ccc(NC(=S)Nc2ccc(Cl)cc2F)cc1. The van der Waals surface area contributed by atoms with Gasteiger partial charge in [-0.1, -0.05) is 11.6 Å². The van der Waals surface area contributed by atoms with E-state index < -0.39 is 5.82 Å². The monoisotopic (exact) mass is 324 g/mol. The summed E-state index contributed by atoms with van der Waals surface area (Å²) in [4.78, 5) is 0. The van der Waals surface area contributed by atoms with Crippen molar-refractivity contribution >= 4 is 40.3 Å². The molecule has 0 saturated heterocycles. The lowest BCUT2D eigenvalue weighted by Crippen LogP contribution is -2.19. The molecule has 110 valence electrons.